The minimum Gasteiger partial charge on any atom is -0.493 e. The number of nitrogens with two attached hydrogens (primary N) is 3. The van der Waals surface area contributed by atoms with Crippen molar-refractivity contribution < 1.29 is 105 Å². The quantitative estimate of drug-likeness (QED) is 0.0131. The number of ketones is 1. The molecule has 3 fully saturated rings. The number of nitrogens with one attached hydrogen (secondary N) is 2. The Labute approximate surface area is 672 Å². The lowest BCUT2D eigenvalue weighted by atomic mass is 9.81. The van der Waals surface area contributed by atoms with Crippen LogP contribution in [0.15, 0.2) is 55.9 Å². The third-order valence-electron chi connectivity index (χ3n) is 19.2. The van der Waals surface area contributed by atoms with Crippen LogP contribution in [0.25, 0.3) is 0 Å². The van der Waals surface area contributed by atoms with Crippen molar-refractivity contribution in [2.24, 2.45) is 23.1 Å². The van der Waals surface area contributed by atoms with E-state index in [9.17, 15) is 59.1 Å². The summed E-state index contributed by atoms with van der Waals surface area (Å²) in [5, 5.41) is 5.16. The summed E-state index contributed by atoms with van der Waals surface area (Å²) in [5.74, 6) is -9.87. The van der Waals surface area contributed by atoms with Crippen molar-refractivity contribution in [2.75, 3.05) is 102 Å². The predicted molar refractivity (Wildman–Crippen MR) is 408 cm³/mol. The number of urea groups is 3. The van der Waals surface area contributed by atoms with Crippen LogP contribution in [0.1, 0.15) is 100 Å². The fourth-order valence-corrected chi connectivity index (χ4v) is 13.9. The number of allylic oxidation sites excluding steroid dienone is 2. The van der Waals surface area contributed by atoms with Gasteiger partial charge in [0.1, 0.15) is 39.7 Å². The molecule has 0 saturated heterocycles. The minimum atomic E-state index is -2.98. The number of hydrogen-bond acceptors (Lipinski definition) is 22. The number of amides is 6. The molecule has 3 saturated carbocycles. The van der Waals surface area contributed by atoms with Crippen molar-refractivity contribution >= 4 is 110 Å². The summed E-state index contributed by atoms with van der Waals surface area (Å²) in [6, 6.07) is -0.238. The van der Waals surface area contributed by atoms with E-state index in [1.165, 1.54) is 31.3 Å². The lowest BCUT2D eigenvalue weighted by molar-refractivity contribution is -0.115. The van der Waals surface area contributed by atoms with Gasteiger partial charge in [-0.05, 0) is 79.8 Å². The predicted octanol–water partition coefficient (Wildman–Crippen LogP) is 14.2. The van der Waals surface area contributed by atoms with E-state index in [2.05, 4.69) is 53.7 Å². The molecule has 43 heteroatoms. The van der Waals surface area contributed by atoms with Gasteiger partial charge in [0.2, 0.25) is 22.4 Å². The first-order chi connectivity index (χ1) is 55.2. The summed E-state index contributed by atoms with van der Waals surface area (Å²) in [6.07, 6.45) is 8.28. The Morgan fingerprint density at radius 1 is 0.491 bits per heavy atom. The van der Waals surface area contributed by atoms with Crippen molar-refractivity contribution in [3.8, 4) is 34.5 Å². The fraction of sp³-hybridized carbons (Fsp3) is 0.466. The number of carbonyl (C=O) groups excluding carboxylic acids is 5. The Bertz CT molecular complexity index is 4450. The largest absolute Gasteiger partial charge is 0.493 e. The van der Waals surface area contributed by atoms with Crippen LogP contribution in [0.4, 0.5) is 113 Å². The van der Waals surface area contributed by atoms with Crippen molar-refractivity contribution in [1.82, 2.24) is 29.9 Å². The summed E-state index contributed by atoms with van der Waals surface area (Å²) in [6.45, 7) is 2.13. The Balaban J connectivity index is 0.000000202. The van der Waals surface area contributed by atoms with E-state index in [-0.39, 0.29) is 116 Å². The molecule has 116 heavy (non-hydrogen) atoms. The normalized spacial score (nSPS) is 19.0. The molecule has 3 aromatic heterocycles. The van der Waals surface area contributed by atoms with Gasteiger partial charge < -0.3 is 56.3 Å². The standard InChI is InChI=1S/C26H29F4N5O4.C22H26F4N6O3.C16H12Cl2F4N4O3.C6H14N2.C3H3ClO/c1-4-16(36)9-14-7-5-6-8-17(14)32-25-31-11-15-12-34(26(37)35(13-20(27)28)24(15)33-25)23-21(29)18(38-2)10-19(39-3)22(23)30;1-34-14-7-15(35-2)18(26)19(17(14)25)31-9-11-8-28-21(29-13-6-4-3-5-12(13)27)30-20(11)32(22(31)33)10-16(23)24;1-28-7-3-8(29-2)11(22)12(10(7)21)25-4-6-13(17)23-15(18)24-14(6)26(16(25)27)5-9(19)20;7-5-3-1-2-4-6(5)8;1-2-3(4)5/h4,10-11,14,17,20H,1,5-9,12-13H2,2-3H3,(H,31,32,33);7-8,12-13,16H,3-6,9-10,27H2,1-2H3,(H,28,29,30);3,9H,4-5H2,1-2H3;5-6H,1-4,7-8H2;2H,1H2. The SMILES string of the molecule is C=CC(=O)CC1CCCCC1Nc1ncc2c(n1)N(CC(F)F)C(=O)N(c1c(F)c(OC)cc(OC)c1F)C2.C=CC(=O)Cl.COc1cc(OC)c(F)c(N2Cc3c(Cl)nc(Cl)nc3N(CC(F)F)C2=O)c1F.COc1cc(OC)c(F)c(N2Cc3cnc(NC4CCCCC4N)nc3N(CC(F)F)C2=O)c1F.NC1CCCCC1N. The van der Waals surface area contributed by atoms with E-state index in [1.807, 2.05) is 0 Å². The van der Waals surface area contributed by atoms with Gasteiger partial charge in [0.05, 0.1) is 87.5 Å². The number of methoxy groups -OCH3 is 6. The van der Waals surface area contributed by atoms with Crippen LogP contribution in [0.3, 0.4) is 0 Å². The second kappa shape index (κ2) is 41.6. The van der Waals surface area contributed by atoms with Crippen LogP contribution in [0, 0.1) is 40.8 Å². The molecular formula is C73H84Cl3F12N17O11. The van der Waals surface area contributed by atoms with Gasteiger partial charge in [-0.1, -0.05) is 63.3 Å². The maximum atomic E-state index is 15.2. The van der Waals surface area contributed by atoms with E-state index >= 15 is 17.6 Å². The smallest absolute Gasteiger partial charge is 0.330 e. The van der Waals surface area contributed by atoms with E-state index in [4.69, 9.17) is 80.4 Å². The summed E-state index contributed by atoms with van der Waals surface area (Å²) in [7, 11) is 6.89. The van der Waals surface area contributed by atoms with Crippen LogP contribution in [0.2, 0.25) is 10.4 Å². The number of hydrogen-bond donors (Lipinski definition) is 5. The van der Waals surface area contributed by atoms with Gasteiger partial charge in [-0.25, -0.2) is 82.0 Å². The summed E-state index contributed by atoms with van der Waals surface area (Å²) in [5.41, 5.74) is 15.4. The fourth-order valence-electron chi connectivity index (χ4n) is 13.4. The topological polar surface area (TPSA) is 340 Å². The molecule has 12 rings (SSSR count). The van der Waals surface area contributed by atoms with Gasteiger partial charge in [0.15, 0.2) is 75.2 Å². The van der Waals surface area contributed by atoms with E-state index in [0.29, 0.717) is 35.8 Å². The van der Waals surface area contributed by atoms with Crippen molar-refractivity contribution in [3.05, 3.63) is 118 Å². The highest BCUT2D eigenvalue weighted by molar-refractivity contribution is 6.66. The molecule has 28 nitrogen and oxygen atoms in total. The van der Waals surface area contributed by atoms with Crippen LogP contribution in [-0.2, 0) is 29.2 Å². The molecule has 3 aromatic carbocycles. The second-order valence-corrected chi connectivity index (χ2v) is 27.6. The van der Waals surface area contributed by atoms with E-state index in [0.717, 1.165) is 131 Å². The number of aromatic nitrogens is 6. The number of anilines is 8. The molecule has 0 radical (unpaired) electrons. The van der Waals surface area contributed by atoms with Crippen LogP contribution < -0.4 is 85.7 Å². The van der Waals surface area contributed by atoms with Crippen molar-refractivity contribution in [3.63, 3.8) is 0 Å². The summed E-state index contributed by atoms with van der Waals surface area (Å²) in [4.78, 5) is 89.5. The van der Waals surface area contributed by atoms with Crippen LogP contribution in [0.5, 0.6) is 34.5 Å². The third kappa shape index (κ3) is 21.7. The zero-order valence-electron chi connectivity index (χ0n) is 63.3. The number of fused-ring (bicyclic) bond motifs is 3. The zero-order valence-corrected chi connectivity index (χ0v) is 65.6. The molecule has 6 heterocycles. The molecular weight excluding hydrogens is 1630 g/mol. The molecule has 6 atom stereocenters. The summed E-state index contributed by atoms with van der Waals surface area (Å²) < 4.78 is 200. The van der Waals surface area contributed by atoms with Crippen LogP contribution in [-0.4, -0.2) is 171 Å². The highest BCUT2D eigenvalue weighted by atomic mass is 35.5. The maximum absolute atomic E-state index is 15.2. The lowest BCUT2D eigenvalue weighted by Crippen LogP contribution is -2.50. The Hall–Kier alpha value is -10.2. The number of nitrogens with zero attached hydrogens (tertiary/aromatic N) is 12. The number of benzene rings is 3. The van der Waals surface area contributed by atoms with Gasteiger partial charge >= 0.3 is 18.1 Å². The first kappa shape index (κ1) is 91.4. The number of rotatable bonds is 23. The molecule has 6 unspecified atom stereocenters. The minimum absolute atomic E-state index is 0.00663. The molecule has 0 spiro atoms. The number of halogens is 15. The maximum Gasteiger partial charge on any atom is 0.330 e. The van der Waals surface area contributed by atoms with E-state index in [1.54, 1.807) is 0 Å². The molecule has 6 amide bonds. The molecule has 0 bridgehead atoms. The first-order valence-electron chi connectivity index (χ1n) is 35.8. The number of ether oxygens (including phenoxy) is 6. The van der Waals surface area contributed by atoms with Crippen molar-refractivity contribution in [1.29, 1.82) is 0 Å². The molecule has 6 aromatic rings. The third-order valence-corrected chi connectivity index (χ3v) is 19.9. The van der Waals surface area contributed by atoms with Crippen molar-refractivity contribution in [2.45, 2.75) is 153 Å². The van der Waals surface area contributed by atoms with Crippen LogP contribution >= 0.6 is 34.8 Å². The lowest BCUT2D eigenvalue weighted by Gasteiger charge is -2.37. The first-order valence-corrected chi connectivity index (χ1v) is 36.9. The number of carbonyl (C=O) groups is 5. The van der Waals surface area contributed by atoms with Gasteiger partial charge in [0, 0.05) is 78.3 Å². The molecule has 3 aliphatic heterocycles. The van der Waals surface area contributed by atoms with Gasteiger partial charge in [-0.15, -0.1) is 0 Å². The highest BCUT2D eigenvalue weighted by Crippen LogP contribution is 2.46. The monoisotopic (exact) mass is 1710 g/mol. The molecule has 8 N–H and O–H groups in total. The summed E-state index contributed by atoms with van der Waals surface area (Å²) >= 11 is 16.4. The average Bonchev–Trinajstić information content (AvgIpc) is 0.509. The molecule has 3 aliphatic carbocycles. The Morgan fingerprint density at radius 2 is 0.819 bits per heavy atom. The highest BCUT2D eigenvalue weighted by Gasteiger charge is 2.44. The molecule has 6 aliphatic rings. The molecule has 632 valence electrons. The van der Waals surface area contributed by atoms with Gasteiger partial charge in [-0.3, -0.25) is 39.0 Å². The van der Waals surface area contributed by atoms with Gasteiger partial charge in [-0.2, -0.15) is 15.0 Å². The zero-order chi connectivity index (χ0) is 85.3. The average molecular weight is 1710 g/mol. The van der Waals surface area contributed by atoms with Gasteiger partial charge in [0.25, 0.3) is 19.3 Å². The number of alkyl halides is 6. The van der Waals surface area contributed by atoms with E-state index < -0.39 is 150 Å². The Kier molecular flexibility index (Phi) is 32.8. The Morgan fingerprint density at radius 3 is 1.16 bits per heavy atom. The second-order valence-electron chi connectivity index (χ2n) is 26.5.